The summed E-state index contributed by atoms with van der Waals surface area (Å²) in [5.74, 6) is -1.02. The van der Waals surface area contributed by atoms with Crippen molar-refractivity contribution < 1.29 is 10.0 Å². The largest absolute Gasteiger partial charge is 0.379 e. The average Bonchev–Trinajstić information content (AvgIpc) is 2.69. The second-order valence-corrected chi connectivity index (χ2v) is 5.62. The first-order chi connectivity index (χ1) is 12.3. The molecule has 3 aromatic rings. The van der Waals surface area contributed by atoms with E-state index in [1.165, 1.54) is 0 Å². The van der Waals surface area contributed by atoms with Crippen LogP contribution in [0.1, 0.15) is 22.7 Å². The fourth-order valence-corrected chi connectivity index (χ4v) is 2.69. The number of benzene rings is 2. The van der Waals surface area contributed by atoms with Crippen LogP contribution >= 0.6 is 0 Å². The first-order valence-corrected chi connectivity index (χ1v) is 8.00. The molecule has 5 nitrogen and oxygen atoms in total. The van der Waals surface area contributed by atoms with Gasteiger partial charge in [-0.25, -0.2) is 5.48 Å². The second kappa shape index (κ2) is 8.08. The standard InChI is InChI=1S/C20H19N3O2/c24-20(23-25)19(15-6-2-1-3-7-15)16-9-11-17(12-10-16)22-14-18-8-4-5-13-21-18/h1-13,19,22,25H,14H2,(H,23,24). The minimum absolute atomic E-state index is 0.458. The van der Waals surface area contributed by atoms with E-state index in [0.717, 1.165) is 22.5 Å². The maximum Gasteiger partial charge on any atom is 0.255 e. The third-order valence-corrected chi connectivity index (χ3v) is 3.95. The van der Waals surface area contributed by atoms with Crippen molar-refractivity contribution in [3.63, 3.8) is 0 Å². The smallest absolute Gasteiger partial charge is 0.255 e. The molecule has 0 saturated heterocycles. The molecule has 1 amide bonds. The number of nitrogens with zero attached hydrogens (tertiary/aromatic N) is 1. The number of carbonyl (C=O) groups is 1. The van der Waals surface area contributed by atoms with Gasteiger partial charge in [0.15, 0.2) is 0 Å². The van der Waals surface area contributed by atoms with Crippen LogP contribution in [-0.4, -0.2) is 16.1 Å². The normalized spacial score (nSPS) is 11.6. The van der Waals surface area contributed by atoms with Crippen molar-refractivity contribution in [3.05, 3.63) is 95.8 Å². The molecular formula is C20H19N3O2. The topological polar surface area (TPSA) is 74.2 Å². The maximum atomic E-state index is 12.1. The SMILES string of the molecule is O=C(NO)C(c1ccccc1)c1ccc(NCc2ccccn2)cc1. The van der Waals surface area contributed by atoms with E-state index in [0.29, 0.717) is 6.54 Å². The highest BCUT2D eigenvalue weighted by Gasteiger charge is 2.22. The minimum atomic E-state index is -0.559. The summed E-state index contributed by atoms with van der Waals surface area (Å²) in [4.78, 5) is 16.4. The van der Waals surface area contributed by atoms with Crippen molar-refractivity contribution >= 4 is 11.6 Å². The number of aromatic nitrogens is 1. The summed E-state index contributed by atoms with van der Waals surface area (Å²) in [5, 5.41) is 12.4. The number of amides is 1. The third-order valence-electron chi connectivity index (χ3n) is 3.95. The zero-order chi connectivity index (χ0) is 17.5. The molecule has 0 saturated carbocycles. The quantitative estimate of drug-likeness (QED) is 0.478. The molecule has 25 heavy (non-hydrogen) atoms. The Hall–Kier alpha value is -3.18. The predicted molar refractivity (Wildman–Crippen MR) is 96.2 cm³/mol. The van der Waals surface area contributed by atoms with Crippen molar-refractivity contribution in [2.45, 2.75) is 12.5 Å². The van der Waals surface area contributed by atoms with E-state index < -0.39 is 11.8 Å². The fraction of sp³-hybridized carbons (Fsp3) is 0.100. The number of hydrogen-bond acceptors (Lipinski definition) is 4. The molecule has 3 rings (SSSR count). The fourth-order valence-electron chi connectivity index (χ4n) is 2.69. The van der Waals surface area contributed by atoms with Crippen LogP contribution in [0, 0.1) is 0 Å². The average molecular weight is 333 g/mol. The van der Waals surface area contributed by atoms with E-state index in [1.807, 2.05) is 72.8 Å². The molecule has 3 N–H and O–H groups in total. The molecule has 2 aromatic carbocycles. The number of pyridine rings is 1. The van der Waals surface area contributed by atoms with E-state index in [-0.39, 0.29) is 0 Å². The van der Waals surface area contributed by atoms with E-state index in [1.54, 1.807) is 11.7 Å². The highest BCUT2D eigenvalue weighted by molar-refractivity contribution is 5.86. The van der Waals surface area contributed by atoms with E-state index in [9.17, 15) is 4.79 Å². The van der Waals surface area contributed by atoms with Gasteiger partial charge in [0.25, 0.3) is 5.91 Å². The molecule has 0 aliphatic heterocycles. The molecule has 1 aromatic heterocycles. The molecule has 126 valence electrons. The monoisotopic (exact) mass is 333 g/mol. The number of hydrogen-bond donors (Lipinski definition) is 3. The van der Waals surface area contributed by atoms with Gasteiger partial charge in [0, 0.05) is 11.9 Å². The summed E-state index contributed by atoms with van der Waals surface area (Å²) < 4.78 is 0. The van der Waals surface area contributed by atoms with Crippen LogP contribution < -0.4 is 10.8 Å². The van der Waals surface area contributed by atoms with Crippen molar-refractivity contribution in [2.24, 2.45) is 0 Å². The number of rotatable bonds is 6. The zero-order valence-corrected chi connectivity index (χ0v) is 13.6. The summed E-state index contributed by atoms with van der Waals surface area (Å²) in [6.07, 6.45) is 1.76. The number of carbonyl (C=O) groups excluding carboxylic acids is 1. The Morgan fingerprint density at radius 2 is 1.60 bits per heavy atom. The molecule has 0 radical (unpaired) electrons. The molecule has 1 heterocycles. The Morgan fingerprint density at radius 3 is 2.24 bits per heavy atom. The molecule has 1 atom stereocenters. The highest BCUT2D eigenvalue weighted by atomic mass is 16.5. The van der Waals surface area contributed by atoms with Gasteiger partial charge < -0.3 is 5.32 Å². The van der Waals surface area contributed by atoms with Crippen LogP contribution in [-0.2, 0) is 11.3 Å². The van der Waals surface area contributed by atoms with Crippen molar-refractivity contribution in [1.82, 2.24) is 10.5 Å². The molecule has 0 bridgehead atoms. The summed E-state index contributed by atoms with van der Waals surface area (Å²) >= 11 is 0. The molecule has 5 heteroatoms. The summed E-state index contributed by atoms with van der Waals surface area (Å²) in [6.45, 7) is 0.624. The van der Waals surface area contributed by atoms with Crippen molar-refractivity contribution in [1.29, 1.82) is 0 Å². The van der Waals surface area contributed by atoms with E-state index in [4.69, 9.17) is 5.21 Å². The first-order valence-electron chi connectivity index (χ1n) is 8.00. The van der Waals surface area contributed by atoms with Crippen LogP contribution in [0.15, 0.2) is 79.0 Å². The van der Waals surface area contributed by atoms with Gasteiger partial charge in [0.1, 0.15) is 0 Å². The van der Waals surface area contributed by atoms with E-state index >= 15 is 0 Å². The summed E-state index contributed by atoms with van der Waals surface area (Å²) in [5.41, 5.74) is 5.28. The molecule has 0 fully saturated rings. The Bertz CT molecular complexity index is 805. The number of anilines is 1. The Labute approximate surface area is 146 Å². The van der Waals surface area contributed by atoms with Crippen molar-refractivity contribution in [3.8, 4) is 0 Å². The molecule has 0 spiro atoms. The number of hydroxylamine groups is 1. The lowest BCUT2D eigenvalue weighted by atomic mass is 9.90. The predicted octanol–water partition coefficient (Wildman–Crippen LogP) is 3.33. The maximum absolute atomic E-state index is 12.1. The lowest BCUT2D eigenvalue weighted by Crippen LogP contribution is -2.27. The Morgan fingerprint density at radius 1 is 0.920 bits per heavy atom. The number of nitrogens with one attached hydrogen (secondary N) is 2. The third kappa shape index (κ3) is 4.22. The molecule has 0 aliphatic carbocycles. The van der Waals surface area contributed by atoms with Crippen LogP contribution in [0.4, 0.5) is 5.69 Å². The van der Waals surface area contributed by atoms with E-state index in [2.05, 4.69) is 10.3 Å². The van der Waals surface area contributed by atoms with Gasteiger partial charge in [-0.05, 0) is 35.4 Å². The van der Waals surface area contributed by atoms with Gasteiger partial charge >= 0.3 is 0 Å². The summed E-state index contributed by atoms with van der Waals surface area (Å²) in [7, 11) is 0. The van der Waals surface area contributed by atoms with Gasteiger partial charge in [-0.2, -0.15) is 0 Å². The molecule has 0 aliphatic rings. The lowest BCUT2D eigenvalue weighted by Gasteiger charge is -2.16. The van der Waals surface area contributed by atoms with Gasteiger partial charge in [-0.3, -0.25) is 15.0 Å². The van der Waals surface area contributed by atoms with Gasteiger partial charge in [0.05, 0.1) is 18.2 Å². The van der Waals surface area contributed by atoms with Gasteiger partial charge in [0.2, 0.25) is 0 Å². The zero-order valence-electron chi connectivity index (χ0n) is 13.6. The van der Waals surface area contributed by atoms with Crippen LogP contribution in [0.5, 0.6) is 0 Å². The van der Waals surface area contributed by atoms with Gasteiger partial charge in [-0.1, -0.05) is 48.5 Å². The first kappa shape index (κ1) is 16.7. The Kier molecular flexibility index (Phi) is 5.39. The van der Waals surface area contributed by atoms with Crippen molar-refractivity contribution in [2.75, 3.05) is 5.32 Å². The van der Waals surface area contributed by atoms with Crippen LogP contribution in [0.25, 0.3) is 0 Å². The highest BCUT2D eigenvalue weighted by Crippen LogP contribution is 2.26. The van der Waals surface area contributed by atoms with Crippen LogP contribution in [0.2, 0.25) is 0 Å². The molecule has 1 unspecified atom stereocenters. The second-order valence-electron chi connectivity index (χ2n) is 5.62. The van der Waals surface area contributed by atoms with Gasteiger partial charge in [-0.15, -0.1) is 0 Å². The van der Waals surface area contributed by atoms with Crippen LogP contribution in [0.3, 0.4) is 0 Å². The molecular weight excluding hydrogens is 314 g/mol. The minimum Gasteiger partial charge on any atom is -0.379 e. The Balaban J connectivity index is 1.76. The summed E-state index contributed by atoms with van der Waals surface area (Å²) in [6, 6.07) is 22.8. The lowest BCUT2D eigenvalue weighted by molar-refractivity contribution is -0.129.